The minimum absolute atomic E-state index is 0.0335. The predicted molar refractivity (Wildman–Crippen MR) is 65.8 cm³/mol. The quantitative estimate of drug-likeness (QED) is 0.852. The summed E-state index contributed by atoms with van der Waals surface area (Å²) in [6.45, 7) is 5.70. The molecular weight excluding hydrogens is 226 g/mol. The highest BCUT2D eigenvalue weighted by Crippen LogP contribution is 2.28. The highest BCUT2D eigenvalue weighted by molar-refractivity contribution is 6.32. The summed E-state index contributed by atoms with van der Waals surface area (Å²) in [5, 5.41) is 12.4. The summed E-state index contributed by atoms with van der Waals surface area (Å²) in [7, 11) is 0. The fraction of sp³-hybridized carbons (Fsp3) is 0.417. The molecule has 0 aliphatic carbocycles. The normalized spacial score (nSPS) is 11.2. The molecule has 0 aliphatic rings. The molecule has 4 heteroatoms. The first-order valence-electron chi connectivity index (χ1n) is 5.17. The zero-order valence-corrected chi connectivity index (χ0v) is 10.4. The molecule has 1 aromatic rings. The van der Waals surface area contributed by atoms with Crippen LogP contribution in [0.4, 0.5) is 5.69 Å². The van der Waals surface area contributed by atoms with Gasteiger partial charge < -0.3 is 10.4 Å². The number of carbonyl (C=O) groups is 1. The molecule has 88 valence electrons. The molecule has 0 radical (unpaired) electrons. The van der Waals surface area contributed by atoms with Crippen LogP contribution in [0.2, 0.25) is 5.02 Å². The van der Waals surface area contributed by atoms with Crippen molar-refractivity contribution in [2.45, 2.75) is 27.2 Å². The number of anilines is 1. The van der Waals surface area contributed by atoms with Gasteiger partial charge in [-0.15, -0.1) is 0 Å². The van der Waals surface area contributed by atoms with E-state index in [4.69, 9.17) is 11.6 Å². The second-order valence-corrected chi connectivity index (χ2v) is 4.76. The van der Waals surface area contributed by atoms with Gasteiger partial charge in [0.25, 0.3) is 0 Å². The highest BCUT2D eigenvalue weighted by Gasteiger charge is 2.25. The molecule has 0 aromatic heterocycles. The third kappa shape index (κ3) is 2.89. The number of phenolic OH excluding ortho intramolecular Hbond substituents is 1. The molecule has 1 aromatic carbocycles. The first-order chi connectivity index (χ1) is 7.36. The monoisotopic (exact) mass is 241 g/mol. The Kier molecular flexibility index (Phi) is 3.81. The van der Waals surface area contributed by atoms with Crippen LogP contribution in [0.1, 0.15) is 27.2 Å². The number of nitrogens with one attached hydrogen (secondary N) is 1. The summed E-state index contributed by atoms with van der Waals surface area (Å²) in [4.78, 5) is 11.8. The van der Waals surface area contributed by atoms with Crippen LogP contribution in [0, 0.1) is 5.41 Å². The van der Waals surface area contributed by atoms with E-state index in [9.17, 15) is 9.90 Å². The fourth-order valence-electron chi connectivity index (χ4n) is 1.05. The number of rotatable bonds is 3. The molecule has 0 aliphatic heterocycles. The molecule has 2 N–H and O–H groups in total. The Morgan fingerprint density at radius 1 is 1.50 bits per heavy atom. The van der Waals surface area contributed by atoms with Gasteiger partial charge in [0.2, 0.25) is 5.91 Å². The first kappa shape index (κ1) is 12.8. The first-order valence-corrected chi connectivity index (χ1v) is 5.54. The predicted octanol–water partition coefficient (Wildman–Crippen LogP) is 3.42. The van der Waals surface area contributed by atoms with E-state index in [1.807, 2.05) is 20.8 Å². The maximum Gasteiger partial charge on any atom is 0.230 e. The number of amides is 1. The van der Waals surface area contributed by atoms with Gasteiger partial charge in [0, 0.05) is 17.2 Å². The number of phenols is 1. The molecule has 0 heterocycles. The van der Waals surface area contributed by atoms with E-state index < -0.39 is 5.41 Å². The average molecular weight is 242 g/mol. The summed E-state index contributed by atoms with van der Waals surface area (Å²) in [5.74, 6) is -0.106. The van der Waals surface area contributed by atoms with Crippen molar-refractivity contribution in [2.24, 2.45) is 5.41 Å². The lowest BCUT2D eigenvalue weighted by Gasteiger charge is -2.21. The van der Waals surface area contributed by atoms with Crippen molar-refractivity contribution in [1.29, 1.82) is 0 Å². The van der Waals surface area contributed by atoms with E-state index in [1.165, 1.54) is 6.07 Å². The van der Waals surface area contributed by atoms with Crippen LogP contribution in [-0.2, 0) is 4.79 Å². The molecule has 0 fully saturated rings. The van der Waals surface area contributed by atoms with Crippen LogP contribution in [0.5, 0.6) is 5.75 Å². The van der Waals surface area contributed by atoms with E-state index in [1.54, 1.807) is 12.1 Å². The standard InChI is InChI=1S/C12H16ClNO2/c1-4-12(2,3)11(16)14-8-5-6-9(13)10(15)7-8/h5-7,15H,4H2,1-3H3,(H,14,16). The zero-order valence-electron chi connectivity index (χ0n) is 9.67. The lowest BCUT2D eigenvalue weighted by Crippen LogP contribution is -2.29. The van der Waals surface area contributed by atoms with Gasteiger partial charge in [0.15, 0.2) is 0 Å². The Labute approximate surface area is 100 Å². The van der Waals surface area contributed by atoms with Crippen molar-refractivity contribution in [3.63, 3.8) is 0 Å². The smallest absolute Gasteiger partial charge is 0.230 e. The van der Waals surface area contributed by atoms with Crippen LogP contribution in [0.15, 0.2) is 18.2 Å². The number of benzene rings is 1. The molecule has 0 spiro atoms. The lowest BCUT2D eigenvalue weighted by molar-refractivity contribution is -0.124. The van der Waals surface area contributed by atoms with Gasteiger partial charge in [-0.3, -0.25) is 4.79 Å². The molecule has 3 nitrogen and oxygen atoms in total. The van der Waals surface area contributed by atoms with Crippen molar-refractivity contribution in [3.05, 3.63) is 23.2 Å². The average Bonchev–Trinajstić information content (AvgIpc) is 2.23. The minimum atomic E-state index is -0.421. The molecule has 0 unspecified atom stereocenters. The Morgan fingerprint density at radius 2 is 2.12 bits per heavy atom. The summed E-state index contributed by atoms with van der Waals surface area (Å²) < 4.78 is 0. The fourth-order valence-corrected chi connectivity index (χ4v) is 1.17. The van der Waals surface area contributed by atoms with Crippen molar-refractivity contribution < 1.29 is 9.90 Å². The Morgan fingerprint density at radius 3 is 2.62 bits per heavy atom. The van der Waals surface area contributed by atoms with Crippen LogP contribution < -0.4 is 5.32 Å². The van der Waals surface area contributed by atoms with Gasteiger partial charge in [0.05, 0.1) is 5.02 Å². The SMILES string of the molecule is CCC(C)(C)C(=O)Nc1ccc(Cl)c(O)c1. The number of hydrogen-bond donors (Lipinski definition) is 2. The Bertz CT molecular complexity index is 402. The molecule has 0 saturated heterocycles. The Hall–Kier alpha value is -1.22. The molecule has 16 heavy (non-hydrogen) atoms. The van der Waals surface area contributed by atoms with Crippen LogP contribution >= 0.6 is 11.6 Å². The van der Waals surface area contributed by atoms with E-state index in [2.05, 4.69) is 5.32 Å². The maximum absolute atomic E-state index is 11.8. The number of aromatic hydroxyl groups is 1. The van der Waals surface area contributed by atoms with E-state index in [0.29, 0.717) is 5.69 Å². The topological polar surface area (TPSA) is 49.3 Å². The third-order valence-corrected chi connectivity index (χ3v) is 3.02. The minimum Gasteiger partial charge on any atom is -0.506 e. The Balaban J connectivity index is 2.82. The molecule has 1 rings (SSSR count). The molecule has 0 atom stereocenters. The lowest BCUT2D eigenvalue weighted by atomic mass is 9.89. The van der Waals surface area contributed by atoms with E-state index in [-0.39, 0.29) is 16.7 Å². The van der Waals surface area contributed by atoms with Crippen LogP contribution in [-0.4, -0.2) is 11.0 Å². The van der Waals surface area contributed by atoms with Gasteiger partial charge in [0.1, 0.15) is 5.75 Å². The highest BCUT2D eigenvalue weighted by atomic mass is 35.5. The van der Waals surface area contributed by atoms with Gasteiger partial charge in [-0.1, -0.05) is 32.4 Å². The number of carbonyl (C=O) groups excluding carboxylic acids is 1. The van der Waals surface area contributed by atoms with E-state index >= 15 is 0 Å². The summed E-state index contributed by atoms with van der Waals surface area (Å²) in [6, 6.07) is 4.64. The summed E-state index contributed by atoms with van der Waals surface area (Å²) in [6.07, 6.45) is 0.748. The molecular formula is C12H16ClNO2. The van der Waals surface area contributed by atoms with Crippen LogP contribution in [0.3, 0.4) is 0 Å². The van der Waals surface area contributed by atoms with Crippen molar-refractivity contribution >= 4 is 23.2 Å². The maximum atomic E-state index is 11.8. The third-order valence-electron chi connectivity index (χ3n) is 2.70. The second-order valence-electron chi connectivity index (χ2n) is 4.36. The van der Waals surface area contributed by atoms with Crippen molar-refractivity contribution in [2.75, 3.05) is 5.32 Å². The summed E-state index contributed by atoms with van der Waals surface area (Å²) in [5.41, 5.74) is 0.128. The summed E-state index contributed by atoms with van der Waals surface area (Å²) >= 11 is 5.67. The second kappa shape index (κ2) is 4.74. The molecule has 0 saturated carbocycles. The number of hydrogen-bond acceptors (Lipinski definition) is 2. The molecule has 0 bridgehead atoms. The zero-order chi connectivity index (χ0) is 12.3. The van der Waals surface area contributed by atoms with Crippen molar-refractivity contribution in [3.8, 4) is 5.75 Å². The van der Waals surface area contributed by atoms with Gasteiger partial charge in [-0.2, -0.15) is 0 Å². The van der Waals surface area contributed by atoms with Gasteiger partial charge in [-0.05, 0) is 18.6 Å². The largest absolute Gasteiger partial charge is 0.506 e. The van der Waals surface area contributed by atoms with Gasteiger partial charge >= 0.3 is 0 Å². The number of halogens is 1. The van der Waals surface area contributed by atoms with E-state index in [0.717, 1.165) is 6.42 Å². The van der Waals surface area contributed by atoms with Crippen LogP contribution in [0.25, 0.3) is 0 Å². The van der Waals surface area contributed by atoms with Gasteiger partial charge in [-0.25, -0.2) is 0 Å². The molecule has 1 amide bonds. The van der Waals surface area contributed by atoms with Crippen molar-refractivity contribution in [1.82, 2.24) is 0 Å².